The molecule has 1 aromatic rings. The maximum absolute atomic E-state index is 11.9. The van der Waals surface area contributed by atoms with Gasteiger partial charge in [0.1, 0.15) is 0 Å². The van der Waals surface area contributed by atoms with E-state index in [1.165, 1.54) is 0 Å². The summed E-state index contributed by atoms with van der Waals surface area (Å²) in [7, 11) is 1.85. The molecule has 0 radical (unpaired) electrons. The Bertz CT molecular complexity index is 449. The molecular formula is C14H19BrN2O2. The van der Waals surface area contributed by atoms with E-state index in [9.17, 15) is 9.90 Å². The first kappa shape index (κ1) is 14.5. The molecule has 2 N–H and O–H groups in total. The fraction of sp³-hybridized carbons (Fsp3) is 0.500. The molecule has 0 spiro atoms. The Morgan fingerprint density at radius 3 is 2.84 bits per heavy atom. The summed E-state index contributed by atoms with van der Waals surface area (Å²) in [5.74, 6) is 0.367. The molecule has 104 valence electrons. The zero-order valence-corrected chi connectivity index (χ0v) is 12.6. The van der Waals surface area contributed by atoms with Crippen molar-refractivity contribution in [3.63, 3.8) is 0 Å². The molecule has 1 aliphatic rings. The van der Waals surface area contributed by atoms with Gasteiger partial charge in [0.25, 0.3) is 0 Å². The summed E-state index contributed by atoms with van der Waals surface area (Å²) in [6, 6.07) is 7.51. The van der Waals surface area contributed by atoms with Gasteiger partial charge >= 0.3 is 0 Å². The van der Waals surface area contributed by atoms with Gasteiger partial charge in [-0.05, 0) is 53.9 Å². The predicted octanol–water partition coefficient (Wildman–Crippen LogP) is 2.09. The van der Waals surface area contributed by atoms with Crippen LogP contribution in [0.4, 0.5) is 5.69 Å². The molecule has 1 atom stereocenters. The van der Waals surface area contributed by atoms with Crippen LogP contribution in [-0.4, -0.2) is 42.2 Å². The summed E-state index contributed by atoms with van der Waals surface area (Å²) < 4.78 is 0.865. The SMILES string of the molecule is CN(CC(=O)Nc1ccccc1Br)CC(O)C1CC1. The van der Waals surface area contributed by atoms with Crippen molar-refractivity contribution in [2.75, 3.05) is 25.5 Å². The molecule has 5 heteroatoms. The van der Waals surface area contributed by atoms with Crippen LogP contribution < -0.4 is 5.32 Å². The monoisotopic (exact) mass is 326 g/mol. The number of nitrogens with zero attached hydrogens (tertiary/aromatic N) is 1. The van der Waals surface area contributed by atoms with Crippen molar-refractivity contribution in [1.82, 2.24) is 4.90 Å². The molecule has 4 nitrogen and oxygen atoms in total. The third kappa shape index (κ3) is 4.60. The van der Waals surface area contributed by atoms with E-state index in [-0.39, 0.29) is 18.6 Å². The second kappa shape index (κ2) is 6.50. The number of likely N-dealkylation sites (N-methyl/N-ethyl adjacent to an activating group) is 1. The van der Waals surface area contributed by atoms with Gasteiger partial charge in [-0.15, -0.1) is 0 Å². The van der Waals surface area contributed by atoms with Gasteiger partial charge in [0.05, 0.1) is 18.3 Å². The smallest absolute Gasteiger partial charge is 0.238 e. The van der Waals surface area contributed by atoms with Crippen molar-refractivity contribution >= 4 is 27.5 Å². The molecule has 1 aromatic carbocycles. The first-order valence-electron chi connectivity index (χ1n) is 6.47. The molecule has 0 aromatic heterocycles. The van der Waals surface area contributed by atoms with Crippen LogP contribution in [0.25, 0.3) is 0 Å². The second-order valence-corrected chi connectivity index (χ2v) is 5.98. The molecule has 2 rings (SSSR count). The molecule has 1 amide bonds. The molecule has 0 bridgehead atoms. The van der Waals surface area contributed by atoms with E-state index in [0.29, 0.717) is 12.5 Å². The molecule has 1 saturated carbocycles. The predicted molar refractivity (Wildman–Crippen MR) is 79.0 cm³/mol. The summed E-state index contributed by atoms with van der Waals surface area (Å²) in [6.45, 7) is 0.833. The van der Waals surface area contributed by atoms with E-state index in [0.717, 1.165) is 23.0 Å². The largest absolute Gasteiger partial charge is 0.392 e. The average molecular weight is 327 g/mol. The Hall–Kier alpha value is -0.910. The van der Waals surface area contributed by atoms with Crippen molar-refractivity contribution in [2.24, 2.45) is 5.92 Å². The van der Waals surface area contributed by atoms with Crippen LogP contribution >= 0.6 is 15.9 Å². The number of benzene rings is 1. The zero-order valence-electron chi connectivity index (χ0n) is 11.0. The molecular weight excluding hydrogens is 308 g/mol. The van der Waals surface area contributed by atoms with Crippen LogP contribution in [0.1, 0.15) is 12.8 Å². The van der Waals surface area contributed by atoms with E-state index in [2.05, 4.69) is 21.2 Å². The lowest BCUT2D eigenvalue weighted by Crippen LogP contribution is -2.36. The number of hydrogen-bond acceptors (Lipinski definition) is 3. The normalized spacial score (nSPS) is 16.4. The number of para-hydroxylation sites is 1. The summed E-state index contributed by atoms with van der Waals surface area (Å²) >= 11 is 3.39. The van der Waals surface area contributed by atoms with E-state index in [1.54, 1.807) is 0 Å². The van der Waals surface area contributed by atoms with Crippen molar-refractivity contribution in [2.45, 2.75) is 18.9 Å². The summed E-state index contributed by atoms with van der Waals surface area (Å²) in [6.07, 6.45) is 1.91. The standard InChI is InChI=1S/C14H19BrN2O2/c1-17(8-13(18)10-6-7-10)9-14(19)16-12-5-3-2-4-11(12)15/h2-5,10,13,18H,6-9H2,1H3,(H,16,19). The highest BCUT2D eigenvalue weighted by molar-refractivity contribution is 9.10. The van der Waals surface area contributed by atoms with Crippen LogP contribution in [0.15, 0.2) is 28.7 Å². The Morgan fingerprint density at radius 2 is 2.21 bits per heavy atom. The number of halogens is 1. The Morgan fingerprint density at radius 1 is 1.53 bits per heavy atom. The minimum atomic E-state index is -0.304. The summed E-state index contributed by atoms with van der Waals surface area (Å²) in [5, 5.41) is 12.7. The molecule has 1 fully saturated rings. The lowest BCUT2D eigenvalue weighted by Gasteiger charge is -2.20. The molecule has 0 aliphatic heterocycles. The van der Waals surface area contributed by atoms with Crippen molar-refractivity contribution in [3.8, 4) is 0 Å². The van der Waals surface area contributed by atoms with Gasteiger partial charge in [0, 0.05) is 11.0 Å². The Labute approximate surface area is 121 Å². The third-order valence-electron chi connectivity index (χ3n) is 3.23. The number of hydrogen-bond donors (Lipinski definition) is 2. The van der Waals surface area contributed by atoms with Crippen LogP contribution in [-0.2, 0) is 4.79 Å². The summed E-state index contributed by atoms with van der Waals surface area (Å²) in [4.78, 5) is 13.7. The number of rotatable bonds is 6. The quantitative estimate of drug-likeness (QED) is 0.841. The number of anilines is 1. The van der Waals surface area contributed by atoms with E-state index in [1.807, 2.05) is 36.2 Å². The minimum Gasteiger partial charge on any atom is -0.392 e. The lowest BCUT2D eigenvalue weighted by molar-refractivity contribution is -0.117. The minimum absolute atomic E-state index is 0.0719. The highest BCUT2D eigenvalue weighted by atomic mass is 79.9. The van der Waals surface area contributed by atoms with Gasteiger partial charge < -0.3 is 10.4 Å². The number of aliphatic hydroxyl groups is 1. The van der Waals surface area contributed by atoms with Crippen molar-refractivity contribution < 1.29 is 9.90 Å². The third-order valence-corrected chi connectivity index (χ3v) is 3.92. The van der Waals surface area contributed by atoms with Crippen LogP contribution in [0, 0.1) is 5.92 Å². The van der Waals surface area contributed by atoms with E-state index >= 15 is 0 Å². The zero-order chi connectivity index (χ0) is 13.8. The van der Waals surface area contributed by atoms with Gasteiger partial charge in [-0.2, -0.15) is 0 Å². The second-order valence-electron chi connectivity index (χ2n) is 5.13. The Kier molecular flexibility index (Phi) is 4.96. The van der Waals surface area contributed by atoms with Crippen molar-refractivity contribution in [3.05, 3.63) is 28.7 Å². The highest BCUT2D eigenvalue weighted by Gasteiger charge is 2.30. The highest BCUT2D eigenvalue weighted by Crippen LogP contribution is 2.32. The lowest BCUT2D eigenvalue weighted by atomic mass is 10.2. The summed E-state index contributed by atoms with van der Waals surface area (Å²) in [5.41, 5.74) is 0.767. The number of carbonyl (C=O) groups excluding carboxylic acids is 1. The maximum atomic E-state index is 11.9. The number of amides is 1. The first-order chi connectivity index (χ1) is 9.06. The number of nitrogens with one attached hydrogen (secondary N) is 1. The van der Waals surface area contributed by atoms with Crippen LogP contribution in [0.2, 0.25) is 0 Å². The van der Waals surface area contributed by atoms with E-state index in [4.69, 9.17) is 0 Å². The molecule has 0 saturated heterocycles. The average Bonchev–Trinajstić information content (AvgIpc) is 3.15. The van der Waals surface area contributed by atoms with Gasteiger partial charge in [-0.25, -0.2) is 0 Å². The number of aliphatic hydroxyl groups excluding tert-OH is 1. The van der Waals surface area contributed by atoms with E-state index < -0.39 is 0 Å². The van der Waals surface area contributed by atoms with Crippen molar-refractivity contribution in [1.29, 1.82) is 0 Å². The first-order valence-corrected chi connectivity index (χ1v) is 7.26. The Balaban J connectivity index is 1.78. The molecule has 1 aliphatic carbocycles. The number of carbonyl (C=O) groups is 1. The fourth-order valence-electron chi connectivity index (χ4n) is 2.01. The van der Waals surface area contributed by atoms with Gasteiger partial charge in [0.15, 0.2) is 0 Å². The van der Waals surface area contributed by atoms with Crippen LogP contribution in [0.3, 0.4) is 0 Å². The fourth-order valence-corrected chi connectivity index (χ4v) is 2.40. The van der Waals surface area contributed by atoms with Gasteiger partial charge in [0.2, 0.25) is 5.91 Å². The molecule has 0 heterocycles. The van der Waals surface area contributed by atoms with Gasteiger partial charge in [-0.1, -0.05) is 12.1 Å². The molecule has 19 heavy (non-hydrogen) atoms. The van der Waals surface area contributed by atoms with Crippen LogP contribution in [0.5, 0.6) is 0 Å². The topological polar surface area (TPSA) is 52.6 Å². The maximum Gasteiger partial charge on any atom is 0.238 e. The molecule has 1 unspecified atom stereocenters. The van der Waals surface area contributed by atoms with Gasteiger partial charge in [-0.3, -0.25) is 9.69 Å².